The molecule has 1 aliphatic heterocycles. The molecule has 0 amide bonds. The van der Waals surface area contributed by atoms with E-state index in [1.54, 1.807) is 0 Å². The van der Waals surface area contributed by atoms with Crippen LogP contribution in [0.2, 0.25) is 10.0 Å². The van der Waals surface area contributed by atoms with Crippen LogP contribution in [0.15, 0.2) is 88.5 Å². The molecule has 0 N–H and O–H groups in total. The minimum Gasteiger partial charge on any atom is -0.342 e. The molecular formula is C28H25BrCl2N2O. The molecule has 0 bridgehead atoms. The molecule has 2 aliphatic rings. The largest absolute Gasteiger partial charge is 0.342 e. The highest BCUT2D eigenvalue weighted by Crippen LogP contribution is 2.48. The lowest BCUT2D eigenvalue weighted by Crippen LogP contribution is -2.51. The summed E-state index contributed by atoms with van der Waals surface area (Å²) in [4.78, 5) is 18.1. The fourth-order valence-corrected chi connectivity index (χ4v) is 5.52. The van der Waals surface area contributed by atoms with Crippen molar-refractivity contribution in [3.63, 3.8) is 0 Å². The van der Waals surface area contributed by atoms with Gasteiger partial charge in [-0.3, -0.25) is 4.79 Å². The van der Waals surface area contributed by atoms with Crippen LogP contribution in [0.1, 0.15) is 38.4 Å². The molecular weight excluding hydrogens is 531 g/mol. The number of hydrogen-bond donors (Lipinski definition) is 0. The Balaban J connectivity index is 1.75. The van der Waals surface area contributed by atoms with Gasteiger partial charge in [0.1, 0.15) is 6.17 Å². The van der Waals surface area contributed by atoms with Gasteiger partial charge in [0.2, 0.25) is 0 Å². The third kappa shape index (κ3) is 4.51. The molecule has 5 rings (SSSR count). The fourth-order valence-electron chi connectivity index (χ4n) is 5.01. The maximum Gasteiger partial charge on any atom is 0.162 e. The summed E-state index contributed by atoms with van der Waals surface area (Å²) < 4.78 is 1.03. The number of nitrogens with zero attached hydrogens (tertiary/aromatic N) is 2. The molecule has 3 aromatic carbocycles. The first-order valence-corrected chi connectivity index (χ1v) is 12.8. The molecule has 0 saturated carbocycles. The van der Waals surface area contributed by atoms with Crippen LogP contribution in [0.4, 0.5) is 11.4 Å². The molecule has 0 aromatic heterocycles. The van der Waals surface area contributed by atoms with Gasteiger partial charge in [0.15, 0.2) is 5.78 Å². The van der Waals surface area contributed by atoms with Gasteiger partial charge in [0.05, 0.1) is 6.54 Å². The molecule has 34 heavy (non-hydrogen) atoms. The van der Waals surface area contributed by atoms with Crippen LogP contribution in [0.25, 0.3) is 0 Å². The molecule has 0 saturated heterocycles. The molecule has 3 nitrogen and oxygen atoms in total. The Hall–Kier alpha value is -2.27. The summed E-state index contributed by atoms with van der Waals surface area (Å²) >= 11 is 16.0. The predicted molar refractivity (Wildman–Crippen MR) is 145 cm³/mol. The van der Waals surface area contributed by atoms with Gasteiger partial charge < -0.3 is 9.80 Å². The SMILES string of the molecule is CC1(C)CC(=O)C2=C(C1)N(c1ccc(Cl)cc1)C(c1ccc(Br)cc1)N(c1ccc(Cl)cc1)C2. The normalized spacial score (nSPS) is 19.9. The van der Waals surface area contributed by atoms with Crippen LogP contribution in [0, 0.1) is 5.41 Å². The highest BCUT2D eigenvalue weighted by Gasteiger charge is 2.43. The Kier molecular flexibility index (Phi) is 6.26. The van der Waals surface area contributed by atoms with E-state index in [2.05, 4.69) is 63.8 Å². The lowest BCUT2D eigenvalue weighted by atomic mass is 9.74. The first-order chi connectivity index (χ1) is 16.2. The van der Waals surface area contributed by atoms with E-state index in [-0.39, 0.29) is 17.4 Å². The summed E-state index contributed by atoms with van der Waals surface area (Å²) in [5.41, 5.74) is 5.04. The first-order valence-electron chi connectivity index (χ1n) is 11.3. The second-order valence-corrected chi connectivity index (χ2v) is 11.5. The van der Waals surface area contributed by atoms with Crippen molar-refractivity contribution in [3.8, 4) is 0 Å². The highest BCUT2D eigenvalue weighted by molar-refractivity contribution is 9.10. The lowest BCUT2D eigenvalue weighted by Gasteiger charge is -2.51. The van der Waals surface area contributed by atoms with E-state index in [0.717, 1.165) is 39.1 Å². The van der Waals surface area contributed by atoms with E-state index in [1.807, 2.05) is 48.5 Å². The van der Waals surface area contributed by atoms with E-state index in [0.29, 0.717) is 23.0 Å². The molecule has 0 spiro atoms. The second kappa shape index (κ2) is 9.07. The molecule has 6 heteroatoms. The van der Waals surface area contributed by atoms with Crippen LogP contribution in [-0.2, 0) is 4.79 Å². The minimum absolute atomic E-state index is 0.104. The minimum atomic E-state index is -0.143. The zero-order chi connectivity index (χ0) is 24.0. The van der Waals surface area contributed by atoms with Crippen LogP contribution in [0.5, 0.6) is 0 Å². The van der Waals surface area contributed by atoms with E-state index >= 15 is 0 Å². The maximum absolute atomic E-state index is 13.4. The fraction of sp³-hybridized carbons (Fsp3) is 0.250. The molecule has 1 aliphatic carbocycles. The van der Waals surface area contributed by atoms with Gasteiger partial charge in [-0.1, -0.05) is 65.1 Å². The van der Waals surface area contributed by atoms with Crippen LogP contribution in [0.3, 0.4) is 0 Å². The Morgan fingerprint density at radius 1 is 0.824 bits per heavy atom. The summed E-state index contributed by atoms with van der Waals surface area (Å²) in [5, 5.41) is 1.37. The molecule has 0 radical (unpaired) electrons. The molecule has 174 valence electrons. The lowest BCUT2D eigenvalue weighted by molar-refractivity contribution is -0.118. The standard InChI is InChI=1S/C28H25BrCl2N2O/c1-28(2)15-25-24(26(34)16-28)17-32(22-11-7-20(30)8-12-22)27(18-3-5-19(29)6-4-18)33(25)23-13-9-21(31)10-14-23/h3-14,27H,15-17H2,1-2H3. The Morgan fingerprint density at radius 2 is 1.38 bits per heavy atom. The topological polar surface area (TPSA) is 23.6 Å². The van der Waals surface area contributed by atoms with Crippen molar-refractivity contribution in [1.29, 1.82) is 0 Å². The summed E-state index contributed by atoms with van der Waals surface area (Å²) in [6.45, 7) is 4.90. The smallest absolute Gasteiger partial charge is 0.162 e. The van der Waals surface area contributed by atoms with Crippen molar-refractivity contribution in [2.24, 2.45) is 5.41 Å². The number of Topliss-reactive ketones (excluding diaryl/α,β-unsaturated/α-hetero) is 1. The molecule has 1 atom stereocenters. The number of ketones is 1. The summed E-state index contributed by atoms with van der Waals surface area (Å²) in [6.07, 6.45) is 1.24. The first kappa shape index (κ1) is 23.5. The van der Waals surface area contributed by atoms with Gasteiger partial charge in [-0.05, 0) is 78.1 Å². The Labute approximate surface area is 219 Å². The van der Waals surface area contributed by atoms with Gasteiger partial charge in [-0.2, -0.15) is 0 Å². The number of carbonyl (C=O) groups is 1. The van der Waals surface area contributed by atoms with Gasteiger partial charge in [0.25, 0.3) is 0 Å². The van der Waals surface area contributed by atoms with Crippen molar-refractivity contribution in [2.75, 3.05) is 16.3 Å². The third-order valence-electron chi connectivity index (χ3n) is 6.56. The Morgan fingerprint density at radius 3 is 1.97 bits per heavy atom. The maximum atomic E-state index is 13.4. The van der Waals surface area contributed by atoms with Gasteiger partial charge >= 0.3 is 0 Å². The highest BCUT2D eigenvalue weighted by atomic mass is 79.9. The second-order valence-electron chi connectivity index (χ2n) is 9.74. The van der Waals surface area contributed by atoms with Crippen LogP contribution < -0.4 is 9.80 Å². The predicted octanol–water partition coefficient (Wildman–Crippen LogP) is 8.42. The van der Waals surface area contributed by atoms with E-state index in [9.17, 15) is 4.79 Å². The van der Waals surface area contributed by atoms with Crippen molar-refractivity contribution >= 4 is 56.3 Å². The zero-order valence-corrected chi connectivity index (χ0v) is 22.2. The van der Waals surface area contributed by atoms with Crippen molar-refractivity contribution in [3.05, 3.63) is 104 Å². The van der Waals surface area contributed by atoms with Crippen LogP contribution >= 0.6 is 39.1 Å². The zero-order valence-electron chi connectivity index (χ0n) is 19.1. The quantitative estimate of drug-likeness (QED) is 0.324. The van der Waals surface area contributed by atoms with E-state index in [1.165, 1.54) is 0 Å². The number of benzene rings is 3. The number of rotatable bonds is 3. The number of hydrogen-bond acceptors (Lipinski definition) is 3. The average molecular weight is 556 g/mol. The number of anilines is 2. The average Bonchev–Trinajstić information content (AvgIpc) is 2.79. The molecule has 1 unspecified atom stereocenters. The third-order valence-corrected chi connectivity index (χ3v) is 7.59. The van der Waals surface area contributed by atoms with Crippen LogP contribution in [-0.4, -0.2) is 12.3 Å². The summed E-state index contributed by atoms with van der Waals surface area (Å²) in [5.74, 6) is 0.221. The van der Waals surface area contributed by atoms with Gasteiger partial charge in [-0.25, -0.2) is 0 Å². The Bertz CT molecular complexity index is 1250. The molecule has 0 fully saturated rings. The van der Waals surface area contributed by atoms with Crippen molar-refractivity contribution < 1.29 is 4.79 Å². The molecule has 3 aromatic rings. The van der Waals surface area contributed by atoms with Crippen molar-refractivity contribution in [1.82, 2.24) is 0 Å². The summed E-state index contributed by atoms with van der Waals surface area (Å²) in [7, 11) is 0. The summed E-state index contributed by atoms with van der Waals surface area (Å²) in [6, 6.07) is 24.2. The van der Waals surface area contributed by atoms with Gasteiger partial charge in [0, 0.05) is 43.6 Å². The van der Waals surface area contributed by atoms with E-state index < -0.39 is 0 Å². The number of allylic oxidation sites excluding steroid dienone is 1. The monoisotopic (exact) mass is 554 g/mol. The number of halogens is 3. The van der Waals surface area contributed by atoms with E-state index in [4.69, 9.17) is 23.2 Å². The van der Waals surface area contributed by atoms with Gasteiger partial charge in [-0.15, -0.1) is 0 Å². The molecule has 1 heterocycles. The van der Waals surface area contributed by atoms with Crippen molar-refractivity contribution in [2.45, 2.75) is 32.9 Å². The number of carbonyl (C=O) groups excluding carboxylic acids is 1.